The Morgan fingerprint density at radius 3 is 2.85 bits per heavy atom. The Kier molecular flexibility index (Phi) is 6.27. The first kappa shape index (κ1) is 20.0. The number of aliphatic hydroxyl groups is 1. The highest BCUT2D eigenvalue weighted by molar-refractivity contribution is 7.32. The van der Waals surface area contributed by atoms with Crippen molar-refractivity contribution >= 4 is 25.2 Å². The average Bonchev–Trinajstić information content (AvgIpc) is 3.21. The molecule has 13 heteroatoms. The molecule has 0 saturated carbocycles. The maximum Gasteiger partial charge on any atom is 0.695 e. The van der Waals surface area contributed by atoms with Crippen molar-refractivity contribution in [2.45, 2.75) is 37.6 Å². The van der Waals surface area contributed by atoms with Gasteiger partial charge in [-0.15, -0.1) is 9.42 Å². The van der Waals surface area contributed by atoms with Crippen LogP contribution in [0.25, 0.3) is 11.2 Å². The molecule has 0 spiro atoms. The summed E-state index contributed by atoms with van der Waals surface area (Å²) in [5, 5.41) is 9.63. The Bertz CT molecular complexity index is 805. The molecule has 0 aromatic carbocycles. The Hall–Kier alpha value is -1.79. The van der Waals surface area contributed by atoms with Crippen molar-refractivity contribution in [3.8, 4) is 0 Å². The molecular formula is C14H21N5O7P+. The highest BCUT2D eigenvalue weighted by Crippen LogP contribution is 2.38. The van der Waals surface area contributed by atoms with Crippen LogP contribution in [0, 0.1) is 0 Å². The molecule has 6 unspecified atom stereocenters. The molecule has 148 valence electrons. The number of methoxy groups -OCH3 is 1. The molecule has 1 aliphatic rings. The molecule has 1 aliphatic heterocycles. The summed E-state index contributed by atoms with van der Waals surface area (Å²) in [5.41, 5.74) is 6.59. The first-order chi connectivity index (χ1) is 13.0. The fourth-order valence-corrected chi connectivity index (χ4v) is 3.32. The molecule has 3 heterocycles. The fraction of sp³-hybridized carbons (Fsp3) is 0.643. The number of nitrogens with zero attached hydrogens (tertiary/aromatic N) is 4. The van der Waals surface area contributed by atoms with Crippen molar-refractivity contribution in [2.75, 3.05) is 26.1 Å². The number of aliphatic hydroxyl groups excluding tert-OH is 1. The highest BCUT2D eigenvalue weighted by atomic mass is 31.1. The number of nitrogen functional groups attached to an aromatic ring is 1. The monoisotopic (exact) mass is 402 g/mol. The number of hydrogen-bond donors (Lipinski definition) is 3. The van der Waals surface area contributed by atoms with Crippen LogP contribution in [0.15, 0.2) is 12.7 Å². The van der Waals surface area contributed by atoms with Gasteiger partial charge in [0.1, 0.15) is 24.1 Å². The summed E-state index contributed by atoms with van der Waals surface area (Å²) in [5.74, 6) is 0.201. The standard InChI is InChI=1S/C14H20N5O7P/c1-7(23-2)4-24-11-10(26-27(21)22)8(3-20)25-14(11)19-6-18-9-12(15)16-5-17-13(9)19/h5-8,10-11,14,20H,3-4H2,1-2H3,(H2-,15,16,17,21,22)/p+1. The lowest BCUT2D eigenvalue weighted by Gasteiger charge is -2.23. The van der Waals surface area contributed by atoms with E-state index in [1.54, 1.807) is 11.5 Å². The predicted molar refractivity (Wildman–Crippen MR) is 91.6 cm³/mol. The van der Waals surface area contributed by atoms with Crippen molar-refractivity contribution in [3.05, 3.63) is 12.7 Å². The zero-order valence-electron chi connectivity index (χ0n) is 14.7. The maximum atomic E-state index is 11.3. The molecule has 1 saturated heterocycles. The lowest BCUT2D eigenvalue weighted by atomic mass is 10.1. The van der Waals surface area contributed by atoms with Gasteiger partial charge in [0.25, 0.3) is 0 Å². The summed E-state index contributed by atoms with van der Waals surface area (Å²) < 4.78 is 34.8. The number of fused-ring (bicyclic) bond motifs is 1. The molecule has 2 aromatic rings. The number of rotatable bonds is 8. The zero-order valence-corrected chi connectivity index (χ0v) is 15.6. The fourth-order valence-electron chi connectivity index (χ4n) is 2.86. The summed E-state index contributed by atoms with van der Waals surface area (Å²) in [7, 11) is -1.40. The van der Waals surface area contributed by atoms with E-state index in [0.29, 0.717) is 11.2 Å². The number of ether oxygens (including phenoxy) is 3. The number of imidazole rings is 1. The third-order valence-electron chi connectivity index (χ3n) is 4.26. The third-order valence-corrected chi connectivity index (χ3v) is 4.69. The third kappa shape index (κ3) is 4.06. The molecular weight excluding hydrogens is 381 g/mol. The van der Waals surface area contributed by atoms with Crippen molar-refractivity contribution < 1.29 is 33.3 Å². The molecule has 1 fully saturated rings. The van der Waals surface area contributed by atoms with Gasteiger partial charge in [0.2, 0.25) is 0 Å². The second-order valence-electron chi connectivity index (χ2n) is 5.98. The van der Waals surface area contributed by atoms with Gasteiger partial charge in [-0.2, -0.15) is 0 Å². The summed E-state index contributed by atoms with van der Waals surface area (Å²) >= 11 is 0. The van der Waals surface area contributed by atoms with E-state index in [0.717, 1.165) is 0 Å². The van der Waals surface area contributed by atoms with E-state index in [-0.39, 0.29) is 18.5 Å². The lowest BCUT2D eigenvalue weighted by Crippen LogP contribution is -2.38. The van der Waals surface area contributed by atoms with Crippen LogP contribution in [-0.4, -0.2) is 74.3 Å². The Balaban J connectivity index is 1.96. The first-order valence-corrected chi connectivity index (χ1v) is 9.26. The quantitative estimate of drug-likeness (QED) is 0.499. The Morgan fingerprint density at radius 1 is 1.41 bits per heavy atom. The SMILES string of the molecule is COC(C)COC1C(O[P+](=O)O)C(CO)OC1n1cnc2c(N)ncnc21. The lowest BCUT2D eigenvalue weighted by molar-refractivity contribution is -0.0900. The van der Waals surface area contributed by atoms with E-state index in [4.69, 9.17) is 24.5 Å². The van der Waals surface area contributed by atoms with Crippen LogP contribution in [0.4, 0.5) is 5.82 Å². The smallest absolute Gasteiger partial charge is 0.394 e. The largest absolute Gasteiger partial charge is 0.695 e. The van der Waals surface area contributed by atoms with Crippen molar-refractivity contribution in [3.63, 3.8) is 0 Å². The number of hydrogen-bond acceptors (Lipinski definition) is 10. The first-order valence-electron chi connectivity index (χ1n) is 8.12. The van der Waals surface area contributed by atoms with Gasteiger partial charge in [-0.1, -0.05) is 0 Å². The van der Waals surface area contributed by atoms with Gasteiger partial charge in [0, 0.05) is 11.7 Å². The normalized spacial score (nSPS) is 27.2. The molecule has 12 nitrogen and oxygen atoms in total. The number of nitrogens with two attached hydrogens (primary N) is 1. The minimum absolute atomic E-state index is 0.172. The van der Waals surface area contributed by atoms with Crippen LogP contribution in [0.5, 0.6) is 0 Å². The Labute approximate surface area is 155 Å². The van der Waals surface area contributed by atoms with Gasteiger partial charge in [0.05, 0.1) is 25.6 Å². The van der Waals surface area contributed by atoms with Crippen molar-refractivity contribution in [1.29, 1.82) is 0 Å². The van der Waals surface area contributed by atoms with Gasteiger partial charge >= 0.3 is 8.25 Å². The molecule has 27 heavy (non-hydrogen) atoms. The van der Waals surface area contributed by atoms with Gasteiger partial charge in [-0.3, -0.25) is 4.57 Å². The van der Waals surface area contributed by atoms with E-state index >= 15 is 0 Å². The molecule has 0 aliphatic carbocycles. The predicted octanol–water partition coefficient (Wildman–Crippen LogP) is -0.247. The van der Waals surface area contributed by atoms with Gasteiger partial charge < -0.3 is 25.1 Å². The summed E-state index contributed by atoms with van der Waals surface area (Å²) in [6.45, 7) is 1.54. The maximum absolute atomic E-state index is 11.3. The Morgan fingerprint density at radius 2 is 2.19 bits per heavy atom. The number of aromatic nitrogens is 4. The van der Waals surface area contributed by atoms with Crippen molar-refractivity contribution in [2.24, 2.45) is 0 Å². The van der Waals surface area contributed by atoms with Gasteiger partial charge in [-0.25, -0.2) is 15.0 Å². The van der Waals surface area contributed by atoms with E-state index in [9.17, 15) is 14.6 Å². The second-order valence-corrected chi connectivity index (χ2v) is 6.67. The molecule has 4 N–H and O–H groups in total. The summed E-state index contributed by atoms with van der Waals surface area (Å²) in [4.78, 5) is 21.4. The van der Waals surface area contributed by atoms with E-state index in [2.05, 4.69) is 15.0 Å². The van der Waals surface area contributed by atoms with E-state index < -0.39 is 39.4 Å². The zero-order chi connectivity index (χ0) is 19.6. The van der Waals surface area contributed by atoms with Crippen LogP contribution in [-0.2, 0) is 23.3 Å². The van der Waals surface area contributed by atoms with Crippen LogP contribution in [0.3, 0.4) is 0 Å². The van der Waals surface area contributed by atoms with Crippen LogP contribution >= 0.6 is 8.25 Å². The van der Waals surface area contributed by atoms with Crippen LogP contribution < -0.4 is 5.73 Å². The minimum atomic E-state index is -2.94. The number of anilines is 1. The molecule has 6 atom stereocenters. The van der Waals surface area contributed by atoms with E-state index in [1.807, 2.05) is 0 Å². The highest BCUT2D eigenvalue weighted by Gasteiger charge is 2.51. The topological polar surface area (TPSA) is 164 Å². The molecule has 0 amide bonds. The van der Waals surface area contributed by atoms with Crippen LogP contribution in [0.1, 0.15) is 13.2 Å². The molecule has 0 bridgehead atoms. The molecule has 2 aromatic heterocycles. The molecule has 0 radical (unpaired) electrons. The minimum Gasteiger partial charge on any atom is -0.394 e. The van der Waals surface area contributed by atoms with Gasteiger partial charge in [0.15, 0.2) is 23.8 Å². The van der Waals surface area contributed by atoms with Crippen LogP contribution in [0.2, 0.25) is 0 Å². The van der Waals surface area contributed by atoms with E-state index in [1.165, 1.54) is 19.8 Å². The summed E-state index contributed by atoms with van der Waals surface area (Å²) in [6.07, 6.45) is -1.04. The van der Waals surface area contributed by atoms with Crippen molar-refractivity contribution in [1.82, 2.24) is 19.5 Å². The summed E-state index contributed by atoms with van der Waals surface area (Å²) in [6, 6.07) is 0. The van der Waals surface area contributed by atoms with Gasteiger partial charge in [-0.05, 0) is 6.92 Å². The molecule has 3 rings (SSSR count). The average molecular weight is 402 g/mol. The second kappa shape index (κ2) is 8.48.